The maximum Gasteiger partial charge on any atom is 0.423 e. The van der Waals surface area contributed by atoms with E-state index in [0.29, 0.717) is 0 Å². The van der Waals surface area contributed by atoms with Crippen molar-refractivity contribution in [1.82, 2.24) is 0 Å². The molecule has 0 aromatic heterocycles. The largest absolute Gasteiger partial charge is 0.443 e. The van der Waals surface area contributed by atoms with Gasteiger partial charge < -0.3 is 14.6 Å². The zero-order chi connectivity index (χ0) is 18.7. The van der Waals surface area contributed by atoms with Gasteiger partial charge in [0.15, 0.2) is 0 Å². The second-order valence-corrected chi connectivity index (χ2v) is 5.42. The lowest BCUT2D eigenvalue weighted by molar-refractivity contribution is -0.509. The molecule has 3 unspecified atom stereocenters. The van der Waals surface area contributed by atoms with Crippen LogP contribution in [0.4, 0.5) is 30.7 Å². The highest BCUT2D eigenvalue weighted by Gasteiger charge is 2.89. The van der Waals surface area contributed by atoms with Gasteiger partial charge in [0.25, 0.3) is 0 Å². The van der Waals surface area contributed by atoms with Crippen LogP contribution in [0.3, 0.4) is 0 Å². The summed E-state index contributed by atoms with van der Waals surface area (Å²) >= 11 is 0. The van der Waals surface area contributed by atoms with Crippen molar-refractivity contribution in [3.05, 3.63) is 12.7 Å². The van der Waals surface area contributed by atoms with E-state index >= 15 is 0 Å². The summed E-state index contributed by atoms with van der Waals surface area (Å²) in [6, 6.07) is 0. The predicted octanol–water partition coefficient (Wildman–Crippen LogP) is 2.80. The Morgan fingerprint density at radius 3 is 1.91 bits per heavy atom. The Kier molecular flexibility index (Phi) is 4.13. The molecule has 0 amide bonds. The van der Waals surface area contributed by atoms with E-state index in [0.717, 1.165) is 0 Å². The van der Waals surface area contributed by atoms with E-state index in [1.807, 2.05) is 0 Å². The molecule has 0 aromatic rings. The summed E-state index contributed by atoms with van der Waals surface area (Å²) in [7, 11) is 0. The van der Waals surface area contributed by atoms with Gasteiger partial charge in [-0.2, -0.15) is 30.7 Å². The second-order valence-electron chi connectivity index (χ2n) is 5.42. The number of ether oxygens (including phenoxy) is 2. The molecule has 1 aliphatic heterocycles. The zero-order valence-electron chi connectivity index (χ0n) is 12.1. The van der Waals surface area contributed by atoms with Crippen molar-refractivity contribution in [3.63, 3.8) is 0 Å². The van der Waals surface area contributed by atoms with Gasteiger partial charge in [0, 0.05) is 6.08 Å². The van der Waals surface area contributed by atoms with Crippen molar-refractivity contribution in [2.24, 2.45) is 0 Å². The lowest BCUT2D eigenvalue weighted by Crippen LogP contribution is -2.83. The van der Waals surface area contributed by atoms with Crippen molar-refractivity contribution in [2.75, 3.05) is 0 Å². The molecule has 0 aromatic carbocycles. The summed E-state index contributed by atoms with van der Waals surface area (Å²) < 4.78 is 104. The fourth-order valence-electron chi connectivity index (χ4n) is 2.23. The highest BCUT2D eigenvalue weighted by molar-refractivity contribution is 5.81. The molecule has 0 saturated carbocycles. The van der Waals surface area contributed by atoms with Gasteiger partial charge in [-0.05, 0) is 20.8 Å². The minimum absolute atomic E-state index is 0.0617. The molecule has 0 spiro atoms. The average molecular weight is 354 g/mol. The highest BCUT2D eigenvalue weighted by atomic mass is 19.4. The summed E-state index contributed by atoms with van der Waals surface area (Å²) in [5.74, 6) is -16.4. The van der Waals surface area contributed by atoms with Gasteiger partial charge in [-0.1, -0.05) is 6.58 Å². The van der Waals surface area contributed by atoms with Crippen molar-refractivity contribution in [1.29, 1.82) is 0 Å². The summed E-state index contributed by atoms with van der Waals surface area (Å²) in [5.41, 5.74) is -8.92. The first kappa shape index (κ1) is 19.7. The lowest BCUT2D eigenvalue weighted by atomic mass is 9.73. The second kappa shape index (κ2) is 4.82. The van der Waals surface area contributed by atoms with Gasteiger partial charge in [-0.15, -0.1) is 0 Å². The van der Waals surface area contributed by atoms with Gasteiger partial charge in [-0.3, -0.25) is 0 Å². The maximum absolute atomic E-state index is 14.4. The molecular weight excluding hydrogens is 341 g/mol. The third-order valence-electron chi connectivity index (χ3n) is 3.80. The number of halogens is 7. The Balaban J connectivity index is 3.73. The monoisotopic (exact) mass is 354 g/mol. The first-order valence-corrected chi connectivity index (χ1v) is 6.01. The van der Waals surface area contributed by atoms with Crippen LogP contribution in [0.15, 0.2) is 12.7 Å². The van der Waals surface area contributed by atoms with Crippen LogP contribution in [-0.4, -0.2) is 46.1 Å². The summed E-state index contributed by atoms with van der Waals surface area (Å²) in [4.78, 5) is 11.1. The minimum atomic E-state index is -5.88. The fourth-order valence-corrected chi connectivity index (χ4v) is 2.23. The Bertz CT molecular complexity index is 528. The van der Waals surface area contributed by atoms with Crippen molar-refractivity contribution in [2.45, 2.75) is 55.8 Å². The molecular formula is C12H13F7O4. The molecule has 0 radical (unpaired) electrons. The number of alkyl halides is 7. The molecule has 1 fully saturated rings. The van der Waals surface area contributed by atoms with E-state index in [1.165, 1.54) is 0 Å². The molecule has 23 heavy (non-hydrogen) atoms. The quantitative estimate of drug-likeness (QED) is 0.471. The molecule has 1 N–H and O–H groups in total. The van der Waals surface area contributed by atoms with Crippen LogP contribution < -0.4 is 0 Å². The van der Waals surface area contributed by atoms with Crippen LogP contribution in [0.5, 0.6) is 0 Å². The average Bonchev–Trinajstić information content (AvgIpc) is 2.34. The predicted molar refractivity (Wildman–Crippen MR) is 60.8 cm³/mol. The van der Waals surface area contributed by atoms with E-state index in [1.54, 1.807) is 0 Å². The van der Waals surface area contributed by atoms with Crippen LogP contribution >= 0.6 is 0 Å². The number of hydrogen-bond acceptors (Lipinski definition) is 4. The normalized spacial score (nSPS) is 39.6. The van der Waals surface area contributed by atoms with Crippen molar-refractivity contribution < 1.29 is 50.1 Å². The third kappa shape index (κ3) is 2.24. The van der Waals surface area contributed by atoms with E-state index in [-0.39, 0.29) is 26.8 Å². The van der Waals surface area contributed by atoms with Crippen LogP contribution in [-0.2, 0) is 14.3 Å². The number of carbonyl (C=O) groups is 1. The molecule has 1 saturated heterocycles. The van der Waals surface area contributed by atoms with Crippen LogP contribution in [0.2, 0.25) is 0 Å². The Hall–Kier alpha value is -1.36. The summed E-state index contributed by atoms with van der Waals surface area (Å²) in [6.45, 7) is 2.51. The first-order valence-electron chi connectivity index (χ1n) is 6.01. The topological polar surface area (TPSA) is 55.8 Å². The van der Waals surface area contributed by atoms with Crippen molar-refractivity contribution >= 4 is 5.97 Å². The number of aliphatic hydroxyl groups is 1. The number of carbonyl (C=O) groups excluding carboxylic acids is 1. The smallest absolute Gasteiger partial charge is 0.423 e. The number of hydrogen-bond donors (Lipinski definition) is 1. The Morgan fingerprint density at radius 1 is 1.13 bits per heavy atom. The van der Waals surface area contributed by atoms with Crippen LogP contribution in [0.25, 0.3) is 0 Å². The molecule has 134 valence electrons. The standard InChI is InChI=1S/C12H13F7O4/c1-5-6(20)22-7(2)10(13,14)8(3,12(17,18)19)23-9(4,21)11(7,15)16/h5,21H,1H2,2-4H3. The van der Waals surface area contributed by atoms with Gasteiger partial charge >= 0.3 is 24.0 Å². The first-order chi connectivity index (χ1) is 9.91. The van der Waals surface area contributed by atoms with E-state index in [9.17, 15) is 40.6 Å². The molecule has 11 heteroatoms. The van der Waals surface area contributed by atoms with Crippen LogP contribution in [0.1, 0.15) is 20.8 Å². The van der Waals surface area contributed by atoms with Gasteiger partial charge in [0.05, 0.1) is 0 Å². The molecule has 1 rings (SSSR count). The maximum atomic E-state index is 14.4. The minimum Gasteiger partial charge on any atom is -0.443 e. The molecule has 4 nitrogen and oxygen atoms in total. The van der Waals surface area contributed by atoms with Gasteiger partial charge in [-0.25, -0.2) is 4.79 Å². The molecule has 1 aliphatic rings. The molecule has 3 atom stereocenters. The SMILES string of the molecule is C=CC(=O)OC1(C)C(F)(F)C(C)(O)OC(C)(C(F)(F)F)C1(F)F. The summed E-state index contributed by atoms with van der Waals surface area (Å²) in [5, 5.41) is 9.53. The molecule has 0 bridgehead atoms. The molecule has 0 aliphatic carbocycles. The van der Waals surface area contributed by atoms with Gasteiger partial charge in [0.1, 0.15) is 0 Å². The Labute approximate surface area is 125 Å². The van der Waals surface area contributed by atoms with Gasteiger partial charge in [0.2, 0.25) is 17.0 Å². The van der Waals surface area contributed by atoms with E-state index in [2.05, 4.69) is 16.1 Å². The van der Waals surface area contributed by atoms with E-state index < -0.39 is 41.0 Å². The number of esters is 1. The van der Waals surface area contributed by atoms with E-state index in [4.69, 9.17) is 0 Å². The third-order valence-corrected chi connectivity index (χ3v) is 3.80. The lowest BCUT2D eigenvalue weighted by Gasteiger charge is -2.57. The highest BCUT2D eigenvalue weighted by Crippen LogP contribution is 2.63. The zero-order valence-corrected chi connectivity index (χ0v) is 12.1. The fraction of sp³-hybridized carbons (Fsp3) is 0.750. The summed E-state index contributed by atoms with van der Waals surface area (Å²) in [6.07, 6.45) is -5.66. The van der Waals surface area contributed by atoms with Crippen LogP contribution in [0, 0.1) is 0 Å². The molecule has 1 heterocycles. The van der Waals surface area contributed by atoms with Crippen molar-refractivity contribution in [3.8, 4) is 0 Å². The number of rotatable bonds is 2. The Morgan fingerprint density at radius 2 is 1.57 bits per heavy atom.